The average Bonchev–Trinajstić information content (AvgIpc) is 3.16. The minimum atomic E-state index is -0.332. The first-order valence-corrected chi connectivity index (χ1v) is 9.62. The van der Waals surface area contributed by atoms with Gasteiger partial charge < -0.3 is 9.47 Å². The second-order valence-corrected chi connectivity index (χ2v) is 7.58. The third kappa shape index (κ3) is 4.96. The lowest BCUT2D eigenvalue weighted by atomic mass is 9.70. The standard InChI is InChI=1S/C21H32O4/c1-5-17-18(9-8-14(4)25-21(23)7-3)16-12-15(19(17)13-16)10-11-24-20(22)6-2/h6-7,14-19H,2-3,5,8-13H2,1,4H3. The van der Waals surface area contributed by atoms with Gasteiger partial charge in [0.25, 0.3) is 0 Å². The Kier molecular flexibility index (Phi) is 7.27. The van der Waals surface area contributed by atoms with Gasteiger partial charge in [0.2, 0.25) is 0 Å². The topological polar surface area (TPSA) is 52.6 Å². The van der Waals surface area contributed by atoms with Gasteiger partial charge in [-0.25, -0.2) is 9.59 Å². The maximum absolute atomic E-state index is 11.3. The van der Waals surface area contributed by atoms with E-state index in [4.69, 9.17) is 9.47 Å². The molecule has 2 aliphatic carbocycles. The summed E-state index contributed by atoms with van der Waals surface area (Å²) in [5.74, 6) is 3.05. The Hall–Kier alpha value is -1.58. The summed E-state index contributed by atoms with van der Waals surface area (Å²) < 4.78 is 10.5. The Balaban J connectivity index is 1.80. The van der Waals surface area contributed by atoms with Crippen molar-refractivity contribution in [2.45, 2.75) is 58.5 Å². The molecule has 0 aromatic carbocycles. The van der Waals surface area contributed by atoms with E-state index < -0.39 is 0 Å². The molecular weight excluding hydrogens is 316 g/mol. The molecule has 25 heavy (non-hydrogen) atoms. The van der Waals surface area contributed by atoms with Crippen molar-refractivity contribution >= 4 is 11.9 Å². The van der Waals surface area contributed by atoms with Crippen molar-refractivity contribution in [1.29, 1.82) is 0 Å². The first-order chi connectivity index (χ1) is 12.0. The number of ether oxygens (including phenoxy) is 2. The van der Waals surface area contributed by atoms with Crippen LogP contribution >= 0.6 is 0 Å². The third-order valence-electron chi connectivity index (χ3n) is 6.25. The number of hydrogen-bond donors (Lipinski definition) is 0. The SMILES string of the molecule is C=CC(=O)OCCC1CC2CC1C(CC)C2CCC(C)OC(=O)C=C. The molecule has 2 fully saturated rings. The van der Waals surface area contributed by atoms with Gasteiger partial charge in [-0.2, -0.15) is 0 Å². The van der Waals surface area contributed by atoms with Gasteiger partial charge in [-0.15, -0.1) is 0 Å². The number of carbonyl (C=O) groups is 2. The van der Waals surface area contributed by atoms with Crippen LogP contribution in [0.1, 0.15) is 52.4 Å². The Morgan fingerprint density at radius 1 is 1.12 bits per heavy atom. The van der Waals surface area contributed by atoms with Crippen molar-refractivity contribution in [1.82, 2.24) is 0 Å². The Bertz CT molecular complexity index is 498. The molecular formula is C21H32O4. The van der Waals surface area contributed by atoms with Crippen molar-refractivity contribution in [3.05, 3.63) is 25.3 Å². The summed E-state index contributed by atoms with van der Waals surface area (Å²) in [6.45, 7) is 11.6. The molecule has 0 spiro atoms. The van der Waals surface area contributed by atoms with E-state index in [-0.39, 0.29) is 18.0 Å². The van der Waals surface area contributed by atoms with E-state index in [0.29, 0.717) is 12.5 Å². The summed E-state index contributed by atoms with van der Waals surface area (Å²) in [5.41, 5.74) is 0. The molecule has 0 amide bonds. The molecule has 0 radical (unpaired) electrons. The molecule has 6 atom stereocenters. The minimum absolute atomic E-state index is 0.0451. The van der Waals surface area contributed by atoms with Gasteiger partial charge in [-0.3, -0.25) is 0 Å². The molecule has 4 heteroatoms. The zero-order valence-corrected chi connectivity index (χ0v) is 15.6. The van der Waals surface area contributed by atoms with E-state index >= 15 is 0 Å². The summed E-state index contributed by atoms with van der Waals surface area (Å²) in [4.78, 5) is 22.5. The van der Waals surface area contributed by atoms with E-state index in [9.17, 15) is 9.59 Å². The highest BCUT2D eigenvalue weighted by Crippen LogP contribution is 2.58. The van der Waals surface area contributed by atoms with Crippen LogP contribution in [0.25, 0.3) is 0 Å². The zero-order chi connectivity index (χ0) is 18.4. The Morgan fingerprint density at radius 2 is 1.84 bits per heavy atom. The van der Waals surface area contributed by atoms with Crippen molar-refractivity contribution in [2.24, 2.45) is 29.6 Å². The minimum Gasteiger partial charge on any atom is -0.463 e. The summed E-state index contributed by atoms with van der Waals surface area (Å²) in [7, 11) is 0. The van der Waals surface area contributed by atoms with Gasteiger partial charge in [-0.05, 0) is 68.6 Å². The van der Waals surface area contributed by atoms with Crippen LogP contribution in [0.2, 0.25) is 0 Å². The maximum Gasteiger partial charge on any atom is 0.330 e. The van der Waals surface area contributed by atoms with E-state index in [1.54, 1.807) is 0 Å². The van der Waals surface area contributed by atoms with Gasteiger partial charge in [0, 0.05) is 12.2 Å². The van der Waals surface area contributed by atoms with Gasteiger partial charge >= 0.3 is 11.9 Å². The monoisotopic (exact) mass is 348 g/mol. The molecule has 0 heterocycles. The van der Waals surface area contributed by atoms with Gasteiger partial charge in [0.1, 0.15) is 0 Å². The van der Waals surface area contributed by atoms with Crippen molar-refractivity contribution in [2.75, 3.05) is 6.61 Å². The lowest BCUT2D eigenvalue weighted by Gasteiger charge is -2.36. The highest BCUT2D eigenvalue weighted by atomic mass is 16.5. The third-order valence-corrected chi connectivity index (χ3v) is 6.25. The van der Waals surface area contributed by atoms with Crippen LogP contribution in [0.4, 0.5) is 0 Å². The Labute approximate surface area is 151 Å². The van der Waals surface area contributed by atoms with Crippen LogP contribution in [-0.4, -0.2) is 24.6 Å². The summed E-state index contributed by atoms with van der Waals surface area (Å²) >= 11 is 0. The van der Waals surface area contributed by atoms with Crippen LogP contribution in [0.3, 0.4) is 0 Å². The first kappa shape index (κ1) is 19.7. The molecule has 140 valence electrons. The average molecular weight is 348 g/mol. The predicted octanol–water partition coefficient (Wildman–Crippen LogP) is 4.30. The zero-order valence-electron chi connectivity index (χ0n) is 15.6. The van der Waals surface area contributed by atoms with Crippen molar-refractivity contribution < 1.29 is 19.1 Å². The second-order valence-electron chi connectivity index (χ2n) is 7.58. The van der Waals surface area contributed by atoms with E-state index in [1.807, 2.05) is 6.92 Å². The quantitative estimate of drug-likeness (QED) is 0.436. The van der Waals surface area contributed by atoms with Crippen LogP contribution in [0.5, 0.6) is 0 Å². The second kappa shape index (κ2) is 9.21. The lowest BCUT2D eigenvalue weighted by Crippen LogP contribution is -2.29. The van der Waals surface area contributed by atoms with Gasteiger partial charge in [0.15, 0.2) is 0 Å². The Morgan fingerprint density at radius 3 is 2.48 bits per heavy atom. The van der Waals surface area contributed by atoms with Crippen LogP contribution in [-0.2, 0) is 19.1 Å². The largest absolute Gasteiger partial charge is 0.463 e. The highest BCUT2D eigenvalue weighted by Gasteiger charge is 2.50. The number of rotatable bonds is 10. The molecule has 0 aromatic rings. The molecule has 0 N–H and O–H groups in total. The highest BCUT2D eigenvalue weighted by molar-refractivity contribution is 5.81. The van der Waals surface area contributed by atoms with Crippen molar-refractivity contribution in [3.8, 4) is 0 Å². The number of carbonyl (C=O) groups excluding carboxylic acids is 2. The molecule has 4 nitrogen and oxygen atoms in total. The normalized spacial score (nSPS) is 31.4. The number of fused-ring (bicyclic) bond motifs is 2. The summed E-state index contributed by atoms with van der Waals surface area (Å²) in [6.07, 6.45) is 9.19. The fourth-order valence-electron chi connectivity index (χ4n) is 5.23. The molecule has 6 unspecified atom stereocenters. The molecule has 2 saturated carbocycles. The fraction of sp³-hybridized carbons (Fsp3) is 0.714. The number of hydrogen-bond acceptors (Lipinski definition) is 4. The van der Waals surface area contributed by atoms with E-state index in [1.165, 1.54) is 31.4 Å². The van der Waals surface area contributed by atoms with Crippen molar-refractivity contribution in [3.63, 3.8) is 0 Å². The molecule has 2 bridgehead atoms. The van der Waals surface area contributed by atoms with E-state index in [0.717, 1.165) is 42.9 Å². The molecule has 2 aliphatic rings. The maximum atomic E-state index is 11.3. The summed E-state index contributed by atoms with van der Waals surface area (Å²) in [5, 5.41) is 0. The molecule has 0 saturated heterocycles. The van der Waals surface area contributed by atoms with Crippen LogP contribution < -0.4 is 0 Å². The predicted molar refractivity (Wildman–Crippen MR) is 97.7 cm³/mol. The van der Waals surface area contributed by atoms with E-state index in [2.05, 4.69) is 20.1 Å². The molecule has 2 rings (SSSR count). The number of esters is 2. The molecule has 0 aliphatic heterocycles. The smallest absolute Gasteiger partial charge is 0.330 e. The fourth-order valence-corrected chi connectivity index (χ4v) is 5.23. The van der Waals surface area contributed by atoms with Crippen LogP contribution in [0.15, 0.2) is 25.3 Å². The lowest BCUT2D eigenvalue weighted by molar-refractivity contribution is -0.142. The molecule has 0 aromatic heterocycles. The van der Waals surface area contributed by atoms with Gasteiger partial charge in [0.05, 0.1) is 12.7 Å². The van der Waals surface area contributed by atoms with Gasteiger partial charge in [-0.1, -0.05) is 26.5 Å². The van der Waals surface area contributed by atoms with Crippen LogP contribution in [0, 0.1) is 29.6 Å². The first-order valence-electron chi connectivity index (χ1n) is 9.62. The summed E-state index contributed by atoms with van der Waals surface area (Å²) in [6, 6.07) is 0.